The Morgan fingerprint density at radius 3 is 2.79 bits per heavy atom. The van der Waals surface area contributed by atoms with Crippen LogP contribution >= 0.6 is 0 Å². The predicted molar refractivity (Wildman–Crippen MR) is 84.3 cm³/mol. The Hall–Kier alpha value is -2.54. The first-order valence-electron chi connectivity index (χ1n) is 7.54. The van der Waals surface area contributed by atoms with Crippen molar-refractivity contribution in [1.82, 2.24) is 9.88 Å². The third kappa shape index (κ3) is 2.82. The van der Waals surface area contributed by atoms with Gasteiger partial charge in [0.25, 0.3) is 5.91 Å². The molecular weight excluding hydrogens is 315 g/mol. The Kier molecular flexibility index (Phi) is 4.19. The van der Waals surface area contributed by atoms with Crippen LogP contribution in [0.5, 0.6) is 0 Å². The minimum atomic E-state index is -1.06. The highest BCUT2D eigenvalue weighted by molar-refractivity contribution is 6.00. The topological polar surface area (TPSA) is 79.7 Å². The molecule has 24 heavy (non-hydrogen) atoms. The molecule has 1 saturated heterocycles. The van der Waals surface area contributed by atoms with E-state index >= 15 is 0 Å². The molecule has 0 saturated carbocycles. The van der Waals surface area contributed by atoms with Gasteiger partial charge in [-0.1, -0.05) is 0 Å². The Bertz CT molecular complexity index is 824. The molecule has 3 rings (SSSR count). The highest BCUT2D eigenvalue weighted by Gasteiger charge is 2.40. The van der Waals surface area contributed by atoms with Gasteiger partial charge >= 0.3 is 5.97 Å². The van der Waals surface area contributed by atoms with Crippen molar-refractivity contribution in [2.75, 3.05) is 13.7 Å². The second kappa shape index (κ2) is 6.16. The summed E-state index contributed by atoms with van der Waals surface area (Å²) in [5.41, 5.74) is 1.20. The Balaban J connectivity index is 2.00. The van der Waals surface area contributed by atoms with Gasteiger partial charge < -0.3 is 14.7 Å². The number of aliphatic carboxylic acids is 1. The number of likely N-dealkylation sites (tertiary alicyclic amines) is 1. The second-order valence-corrected chi connectivity index (χ2v) is 5.86. The molecule has 1 amide bonds. The number of ether oxygens (including phenoxy) is 1. The van der Waals surface area contributed by atoms with E-state index in [4.69, 9.17) is 4.74 Å². The number of pyridine rings is 1. The number of hydrogen-bond donors (Lipinski definition) is 1. The fourth-order valence-corrected chi connectivity index (χ4v) is 3.03. The van der Waals surface area contributed by atoms with Crippen molar-refractivity contribution in [3.8, 4) is 0 Å². The molecule has 1 aromatic carbocycles. The normalized spacial score (nSPS) is 20.5. The fourth-order valence-electron chi connectivity index (χ4n) is 3.03. The van der Waals surface area contributed by atoms with Crippen molar-refractivity contribution < 1.29 is 23.8 Å². The van der Waals surface area contributed by atoms with Crippen LogP contribution in [0.15, 0.2) is 24.3 Å². The first-order valence-corrected chi connectivity index (χ1v) is 7.54. The van der Waals surface area contributed by atoms with E-state index in [1.807, 2.05) is 0 Å². The van der Waals surface area contributed by atoms with Gasteiger partial charge in [-0.3, -0.25) is 9.78 Å². The molecule has 1 N–H and O–H groups in total. The summed E-state index contributed by atoms with van der Waals surface area (Å²) < 4.78 is 18.5. The number of benzene rings is 1. The van der Waals surface area contributed by atoms with Crippen LogP contribution in [0.1, 0.15) is 22.5 Å². The molecule has 126 valence electrons. The van der Waals surface area contributed by atoms with Gasteiger partial charge in [0, 0.05) is 31.5 Å². The molecule has 0 radical (unpaired) electrons. The van der Waals surface area contributed by atoms with E-state index in [0.717, 1.165) is 0 Å². The van der Waals surface area contributed by atoms with Gasteiger partial charge in [0.1, 0.15) is 11.9 Å². The summed E-state index contributed by atoms with van der Waals surface area (Å²) >= 11 is 0. The standard InChI is InChI=1S/C17H17FN2O4/c1-9-13(5-10-3-4-11(18)6-14(10)19-9)16(21)20-8-12(24-2)7-15(20)17(22)23/h3-6,12,15H,7-8H2,1-2H3,(H,22,23). The highest BCUT2D eigenvalue weighted by Crippen LogP contribution is 2.25. The Morgan fingerprint density at radius 1 is 1.38 bits per heavy atom. The maximum absolute atomic E-state index is 13.3. The molecule has 2 unspecified atom stereocenters. The lowest BCUT2D eigenvalue weighted by atomic mass is 10.1. The number of hydrogen-bond acceptors (Lipinski definition) is 4. The summed E-state index contributed by atoms with van der Waals surface area (Å²) in [6.07, 6.45) is -0.0547. The molecule has 2 heterocycles. The van der Waals surface area contributed by atoms with E-state index in [9.17, 15) is 19.1 Å². The fraction of sp³-hybridized carbons (Fsp3) is 0.353. The quantitative estimate of drug-likeness (QED) is 0.930. The van der Waals surface area contributed by atoms with Crippen LogP contribution in [0.4, 0.5) is 4.39 Å². The number of carbonyl (C=O) groups is 2. The number of carboxylic acids is 1. The predicted octanol–water partition coefficient (Wildman–Crippen LogP) is 2.00. The van der Waals surface area contributed by atoms with Crippen molar-refractivity contribution in [3.05, 3.63) is 41.3 Å². The third-order valence-electron chi connectivity index (χ3n) is 4.34. The highest BCUT2D eigenvalue weighted by atomic mass is 19.1. The molecule has 6 nitrogen and oxygen atoms in total. The Labute approximate surface area is 137 Å². The number of aromatic nitrogens is 1. The van der Waals surface area contributed by atoms with Gasteiger partial charge in [-0.15, -0.1) is 0 Å². The number of carboxylic acid groups (broad SMARTS) is 1. The summed E-state index contributed by atoms with van der Waals surface area (Å²) in [7, 11) is 1.49. The van der Waals surface area contributed by atoms with Crippen LogP contribution in [0.2, 0.25) is 0 Å². The molecule has 1 aliphatic heterocycles. The zero-order valence-corrected chi connectivity index (χ0v) is 13.3. The van der Waals surface area contributed by atoms with Crippen LogP contribution in [0.3, 0.4) is 0 Å². The van der Waals surface area contributed by atoms with Gasteiger partial charge in [-0.25, -0.2) is 9.18 Å². The third-order valence-corrected chi connectivity index (χ3v) is 4.34. The first kappa shape index (κ1) is 16.3. The number of carbonyl (C=O) groups excluding carboxylic acids is 1. The minimum absolute atomic E-state index is 0.215. The smallest absolute Gasteiger partial charge is 0.326 e. The zero-order valence-electron chi connectivity index (χ0n) is 13.3. The minimum Gasteiger partial charge on any atom is -0.480 e. The van der Waals surface area contributed by atoms with Crippen molar-refractivity contribution in [3.63, 3.8) is 0 Å². The summed E-state index contributed by atoms with van der Waals surface area (Å²) in [5.74, 6) is -1.86. The average molecular weight is 332 g/mol. The summed E-state index contributed by atoms with van der Waals surface area (Å²) in [5, 5.41) is 9.98. The number of fused-ring (bicyclic) bond motifs is 1. The lowest BCUT2D eigenvalue weighted by Crippen LogP contribution is -2.41. The van der Waals surface area contributed by atoms with Crippen molar-refractivity contribution in [2.24, 2.45) is 0 Å². The maximum Gasteiger partial charge on any atom is 0.326 e. The lowest BCUT2D eigenvalue weighted by Gasteiger charge is -2.22. The van der Waals surface area contributed by atoms with E-state index in [-0.39, 0.29) is 19.1 Å². The Morgan fingerprint density at radius 2 is 2.12 bits per heavy atom. The SMILES string of the molecule is COC1CC(C(=O)O)N(C(=O)c2cc3ccc(F)cc3nc2C)C1. The molecular formula is C17H17FN2O4. The van der Waals surface area contributed by atoms with E-state index < -0.39 is 23.7 Å². The molecule has 0 aliphatic carbocycles. The number of halogens is 1. The molecule has 1 aromatic heterocycles. The van der Waals surface area contributed by atoms with Crippen molar-refractivity contribution >= 4 is 22.8 Å². The van der Waals surface area contributed by atoms with Crippen LogP contribution in [0, 0.1) is 12.7 Å². The second-order valence-electron chi connectivity index (χ2n) is 5.86. The van der Waals surface area contributed by atoms with Gasteiger partial charge in [-0.05, 0) is 25.1 Å². The van der Waals surface area contributed by atoms with Crippen LogP contribution in [-0.2, 0) is 9.53 Å². The number of nitrogens with zero attached hydrogens (tertiary/aromatic N) is 2. The largest absolute Gasteiger partial charge is 0.480 e. The summed E-state index contributed by atoms with van der Waals surface area (Å²) in [4.78, 5) is 29.9. The first-order chi connectivity index (χ1) is 11.4. The van der Waals surface area contributed by atoms with E-state index in [0.29, 0.717) is 22.2 Å². The summed E-state index contributed by atoms with van der Waals surface area (Å²) in [6.45, 7) is 1.87. The van der Waals surface area contributed by atoms with E-state index in [1.54, 1.807) is 19.1 Å². The van der Waals surface area contributed by atoms with Crippen LogP contribution in [0.25, 0.3) is 10.9 Å². The van der Waals surface area contributed by atoms with Gasteiger partial charge in [0.05, 0.1) is 22.9 Å². The van der Waals surface area contributed by atoms with Gasteiger partial charge in [0.15, 0.2) is 0 Å². The number of aryl methyl sites for hydroxylation is 1. The molecule has 0 bridgehead atoms. The number of amides is 1. The zero-order chi connectivity index (χ0) is 17.4. The molecule has 0 spiro atoms. The molecule has 2 atom stereocenters. The van der Waals surface area contributed by atoms with Crippen LogP contribution < -0.4 is 0 Å². The number of methoxy groups -OCH3 is 1. The molecule has 2 aromatic rings. The lowest BCUT2D eigenvalue weighted by molar-refractivity contribution is -0.141. The number of rotatable bonds is 3. The van der Waals surface area contributed by atoms with E-state index in [1.165, 1.54) is 24.1 Å². The monoisotopic (exact) mass is 332 g/mol. The van der Waals surface area contributed by atoms with Gasteiger partial charge in [-0.2, -0.15) is 0 Å². The van der Waals surface area contributed by atoms with Gasteiger partial charge in [0.2, 0.25) is 0 Å². The molecule has 1 fully saturated rings. The van der Waals surface area contributed by atoms with E-state index in [2.05, 4.69) is 4.98 Å². The van der Waals surface area contributed by atoms with Crippen LogP contribution in [-0.4, -0.2) is 52.7 Å². The van der Waals surface area contributed by atoms with Crippen molar-refractivity contribution in [1.29, 1.82) is 0 Å². The maximum atomic E-state index is 13.3. The summed E-state index contributed by atoms with van der Waals surface area (Å²) in [6, 6.07) is 4.84. The molecule has 1 aliphatic rings. The average Bonchev–Trinajstić information content (AvgIpc) is 2.98. The van der Waals surface area contributed by atoms with Crippen molar-refractivity contribution in [2.45, 2.75) is 25.5 Å². The molecule has 7 heteroatoms.